The number of benzene rings is 2. The standard InChI is InChI=1S/C32H36FN3O6/c33-24-9-7-23(8-10-24)30(31(37)34-25-4-2-1-3-5-25)36(19-22-6-12-27-29(18-22)41-21-40-27)32(38)28-13-11-26(42-28)20-35-14-16-39-17-15-35/h6-13,18,25,30H,1-5,14-17,19-21H2,(H,34,37)/p+1/t30-/m1/s1. The number of nitrogens with one attached hydrogen (secondary N) is 2. The molecule has 1 atom stereocenters. The molecule has 2 aliphatic heterocycles. The largest absolute Gasteiger partial charge is 0.454 e. The van der Waals surface area contributed by atoms with Crippen LogP contribution in [0.25, 0.3) is 0 Å². The fourth-order valence-corrected chi connectivity index (χ4v) is 5.97. The zero-order valence-corrected chi connectivity index (χ0v) is 23.6. The van der Waals surface area contributed by atoms with Gasteiger partial charge in [0, 0.05) is 12.6 Å². The summed E-state index contributed by atoms with van der Waals surface area (Å²) in [7, 11) is 0. The third-order valence-corrected chi connectivity index (χ3v) is 8.24. The molecule has 1 saturated carbocycles. The summed E-state index contributed by atoms with van der Waals surface area (Å²) in [6.07, 6.45) is 5.03. The SMILES string of the molecule is O=C(NC1CCCCC1)[C@@H](c1ccc(F)cc1)N(Cc1ccc2c(c1)OCO2)C(=O)c1ccc(C[NH+]2CCOCC2)o1. The van der Waals surface area contributed by atoms with Crippen molar-refractivity contribution in [2.24, 2.45) is 0 Å². The predicted octanol–water partition coefficient (Wildman–Crippen LogP) is 3.40. The summed E-state index contributed by atoms with van der Waals surface area (Å²) in [4.78, 5) is 31.1. The van der Waals surface area contributed by atoms with Crippen LogP contribution in [0.3, 0.4) is 0 Å². The van der Waals surface area contributed by atoms with E-state index in [2.05, 4.69) is 5.32 Å². The first-order chi connectivity index (χ1) is 20.5. The lowest BCUT2D eigenvalue weighted by Gasteiger charge is -2.33. The maximum Gasteiger partial charge on any atom is 0.290 e. The van der Waals surface area contributed by atoms with E-state index in [-0.39, 0.29) is 31.0 Å². The third kappa shape index (κ3) is 6.60. The van der Waals surface area contributed by atoms with E-state index in [1.807, 2.05) is 18.2 Å². The van der Waals surface area contributed by atoms with Crippen LogP contribution in [0.4, 0.5) is 4.39 Å². The van der Waals surface area contributed by atoms with Gasteiger partial charge in [-0.25, -0.2) is 4.39 Å². The Hall–Kier alpha value is -3.89. The number of hydrogen-bond donors (Lipinski definition) is 2. The van der Waals surface area contributed by atoms with Crippen molar-refractivity contribution in [1.82, 2.24) is 10.2 Å². The monoisotopic (exact) mass is 578 g/mol. The van der Waals surface area contributed by atoms with E-state index in [1.54, 1.807) is 24.3 Å². The Balaban J connectivity index is 1.33. The van der Waals surface area contributed by atoms with Crippen molar-refractivity contribution < 1.29 is 37.5 Å². The second-order valence-electron chi connectivity index (χ2n) is 11.2. The molecule has 10 heteroatoms. The molecule has 0 radical (unpaired) electrons. The second kappa shape index (κ2) is 13.0. The summed E-state index contributed by atoms with van der Waals surface area (Å²) in [6, 6.07) is 13.7. The number of ether oxygens (including phenoxy) is 3. The fraction of sp³-hybridized carbons (Fsp3) is 0.438. The van der Waals surface area contributed by atoms with Gasteiger partial charge < -0.3 is 33.7 Å². The molecule has 0 spiro atoms. The van der Waals surface area contributed by atoms with Crippen LogP contribution < -0.4 is 19.7 Å². The first kappa shape index (κ1) is 28.2. The minimum absolute atomic E-state index is 0.0309. The van der Waals surface area contributed by atoms with Crippen LogP contribution in [0, 0.1) is 5.82 Å². The van der Waals surface area contributed by atoms with Gasteiger partial charge in [-0.15, -0.1) is 0 Å². The molecule has 2 amide bonds. The molecule has 2 aromatic carbocycles. The topological polar surface area (TPSA) is 94.7 Å². The van der Waals surface area contributed by atoms with Crippen molar-refractivity contribution in [3.8, 4) is 11.5 Å². The minimum atomic E-state index is -1.01. The molecule has 1 aliphatic carbocycles. The lowest BCUT2D eigenvalue weighted by molar-refractivity contribution is -0.922. The van der Waals surface area contributed by atoms with Gasteiger partial charge in [0.25, 0.3) is 5.91 Å². The number of carbonyl (C=O) groups is 2. The van der Waals surface area contributed by atoms with Crippen LogP contribution in [0.2, 0.25) is 0 Å². The molecule has 3 heterocycles. The van der Waals surface area contributed by atoms with Crippen LogP contribution >= 0.6 is 0 Å². The van der Waals surface area contributed by atoms with Crippen molar-refractivity contribution in [2.75, 3.05) is 33.1 Å². The number of carbonyl (C=O) groups excluding carboxylic acids is 2. The zero-order chi connectivity index (χ0) is 28.9. The number of quaternary nitrogens is 1. The maximum absolute atomic E-state index is 14.3. The van der Waals surface area contributed by atoms with Crippen molar-refractivity contribution in [2.45, 2.75) is 57.3 Å². The summed E-state index contributed by atoms with van der Waals surface area (Å²) >= 11 is 0. The molecule has 2 fully saturated rings. The Morgan fingerprint density at radius 2 is 1.71 bits per heavy atom. The maximum atomic E-state index is 14.3. The summed E-state index contributed by atoms with van der Waals surface area (Å²) in [5.41, 5.74) is 1.28. The van der Waals surface area contributed by atoms with Crippen molar-refractivity contribution in [3.05, 3.63) is 83.1 Å². The average Bonchev–Trinajstić information content (AvgIpc) is 3.68. The average molecular weight is 579 g/mol. The van der Waals surface area contributed by atoms with E-state index in [4.69, 9.17) is 18.6 Å². The number of rotatable bonds is 9. The Labute approximate surface area is 244 Å². The quantitative estimate of drug-likeness (QED) is 0.404. The Morgan fingerprint density at radius 3 is 2.50 bits per heavy atom. The normalized spacial score (nSPS) is 18.0. The molecule has 0 bridgehead atoms. The van der Waals surface area contributed by atoms with Crippen molar-refractivity contribution in [1.29, 1.82) is 0 Å². The van der Waals surface area contributed by atoms with Crippen molar-refractivity contribution >= 4 is 11.8 Å². The minimum Gasteiger partial charge on any atom is -0.454 e. The van der Waals surface area contributed by atoms with Crippen molar-refractivity contribution in [3.63, 3.8) is 0 Å². The van der Waals surface area contributed by atoms with Gasteiger partial charge in [-0.3, -0.25) is 9.59 Å². The van der Waals surface area contributed by atoms with Crippen LogP contribution in [-0.4, -0.2) is 55.9 Å². The third-order valence-electron chi connectivity index (χ3n) is 8.24. The molecule has 222 valence electrons. The summed E-state index contributed by atoms with van der Waals surface area (Å²) in [6.45, 7) is 4.00. The highest BCUT2D eigenvalue weighted by atomic mass is 19.1. The number of morpholine rings is 1. The van der Waals surface area contributed by atoms with Crippen LogP contribution in [0.15, 0.2) is 59.0 Å². The van der Waals surface area contributed by atoms with Gasteiger partial charge >= 0.3 is 0 Å². The number of fused-ring (bicyclic) bond motifs is 1. The van der Waals surface area contributed by atoms with E-state index in [0.29, 0.717) is 42.6 Å². The van der Waals surface area contributed by atoms with E-state index < -0.39 is 17.8 Å². The van der Waals surface area contributed by atoms with E-state index in [9.17, 15) is 14.0 Å². The van der Waals surface area contributed by atoms with E-state index >= 15 is 0 Å². The van der Waals surface area contributed by atoms with Crippen LogP contribution in [0.5, 0.6) is 11.5 Å². The Kier molecular flexibility index (Phi) is 8.71. The molecule has 0 unspecified atom stereocenters. The van der Waals surface area contributed by atoms with Gasteiger partial charge in [-0.1, -0.05) is 37.5 Å². The number of amides is 2. The highest BCUT2D eigenvalue weighted by Gasteiger charge is 2.35. The van der Waals surface area contributed by atoms with E-state index in [0.717, 1.165) is 50.8 Å². The fourth-order valence-electron chi connectivity index (χ4n) is 5.97. The Bertz CT molecular complexity index is 1380. The summed E-state index contributed by atoms with van der Waals surface area (Å²) in [5, 5.41) is 3.19. The molecule has 42 heavy (non-hydrogen) atoms. The van der Waals surface area contributed by atoms with Gasteiger partial charge in [0.1, 0.15) is 31.5 Å². The lowest BCUT2D eigenvalue weighted by Crippen LogP contribution is -3.12. The van der Waals surface area contributed by atoms with Gasteiger partial charge in [-0.05, 0) is 60.4 Å². The van der Waals surface area contributed by atoms with Crippen LogP contribution in [0.1, 0.15) is 65.6 Å². The highest BCUT2D eigenvalue weighted by Crippen LogP contribution is 2.34. The molecule has 3 aromatic rings. The number of halogens is 1. The molecule has 9 nitrogen and oxygen atoms in total. The molecule has 1 aromatic heterocycles. The van der Waals surface area contributed by atoms with Gasteiger partial charge in [0.15, 0.2) is 23.0 Å². The molecule has 1 saturated heterocycles. The Morgan fingerprint density at radius 1 is 0.952 bits per heavy atom. The highest BCUT2D eigenvalue weighted by molar-refractivity contribution is 5.96. The summed E-state index contributed by atoms with van der Waals surface area (Å²) in [5.74, 6) is 0.914. The van der Waals surface area contributed by atoms with Gasteiger partial charge in [0.2, 0.25) is 12.7 Å². The zero-order valence-electron chi connectivity index (χ0n) is 23.6. The summed E-state index contributed by atoms with van der Waals surface area (Å²) < 4.78 is 36.6. The lowest BCUT2D eigenvalue weighted by atomic mass is 9.94. The molecular formula is C32H37FN3O6+. The van der Waals surface area contributed by atoms with Gasteiger partial charge in [0.05, 0.1) is 13.2 Å². The number of nitrogens with zero attached hydrogens (tertiary/aromatic N) is 1. The second-order valence-corrected chi connectivity index (χ2v) is 11.2. The number of hydrogen-bond acceptors (Lipinski definition) is 6. The van der Waals surface area contributed by atoms with Crippen LogP contribution in [-0.2, 0) is 22.6 Å². The first-order valence-corrected chi connectivity index (χ1v) is 14.8. The predicted molar refractivity (Wildman–Crippen MR) is 151 cm³/mol. The molecular weight excluding hydrogens is 541 g/mol. The smallest absolute Gasteiger partial charge is 0.290 e. The molecule has 2 N–H and O–H groups in total. The first-order valence-electron chi connectivity index (χ1n) is 14.8. The van der Waals surface area contributed by atoms with Gasteiger partial charge in [-0.2, -0.15) is 0 Å². The number of furan rings is 1. The molecule has 6 rings (SSSR count). The molecule has 3 aliphatic rings. The van der Waals surface area contributed by atoms with E-state index in [1.165, 1.54) is 21.9 Å².